The molecule has 0 fully saturated rings. The highest BCUT2D eigenvalue weighted by Gasteiger charge is 2.07. The number of hydrogen-bond acceptors (Lipinski definition) is 3. The summed E-state index contributed by atoms with van der Waals surface area (Å²) in [6.07, 6.45) is 3.22. The average Bonchev–Trinajstić information content (AvgIpc) is 2.54. The van der Waals surface area contributed by atoms with E-state index in [0.29, 0.717) is 17.9 Å². The van der Waals surface area contributed by atoms with E-state index in [4.69, 9.17) is 4.74 Å². The number of nitrogens with one attached hydrogen (secondary N) is 1. The normalized spacial score (nSPS) is 10.5. The van der Waals surface area contributed by atoms with Crippen molar-refractivity contribution >= 4 is 28.1 Å². The molecule has 118 valence electrons. The first-order valence-electron chi connectivity index (χ1n) is 7.04. The number of hydrazone groups is 1. The van der Waals surface area contributed by atoms with Gasteiger partial charge in [0.15, 0.2) is 0 Å². The van der Waals surface area contributed by atoms with E-state index < -0.39 is 0 Å². The van der Waals surface area contributed by atoms with Crippen LogP contribution in [-0.4, -0.2) is 18.7 Å². The van der Waals surface area contributed by atoms with Crippen molar-refractivity contribution in [3.63, 3.8) is 0 Å². The molecule has 1 amide bonds. The van der Waals surface area contributed by atoms with Gasteiger partial charge in [0.05, 0.1) is 6.21 Å². The molecular weight excluding hydrogens is 356 g/mol. The average molecular weight is 373 g/mol. The van der Waals surface area contributed by atoms with E-state index in [-0.39, 0.29) is 5.91 Å². The maximum absolute atomic E-state index is 12.1. The maximum Gasteiger partial charge on any atom is 0.271 e. The molecule has 0 atom stereocenters. The van der Waals surface area contributed by atoms with Gasteiger partial charge in [-0.25, -0.2) is 5.43 Å². The summed E-state index contributed by atoms with van der Waals surface area (Å²) in [4.78, 5) is 12.1. The second kappa shape index (κ2) is 8.29. The molecule has 0 spiro atoms. The van der Waals surface area contributed by atoms with Crippen molar-refractivity contribution in [1.29, 1.82) is 0 Å². The molecule has 0 bridgehead atoms. The standard InChI is InChI=1S/C18H17BrN2O2/c1-3-10-23-17-9-8-15(19)11-14(17)12-20-21-18(22)16-7-5-4-6-13(16)2/h3-9,11-12H,1,10H2,2H3,(H,21,22)/b20-12+. The van der Waals surface area contributed by atoms with Gasteiger partial charge in [-0.15, -0.1) is 0 Å². The summed E-state index contributed by atoms with van der Waals surface area (Å²) in [5.74, 6) is 0.421. The number of aryl methyl sites for hydroxylation is 1. The van der Waals surface area contributed by atoms with Crippen LogP contribution in [-0.2, 0) is 0 Å². The number of rotatable bonds is 6. The fraction of sp³-hybridized carbons (Fsp3) is 0.111. The smallest absolute Gasteiger partial charge is 0.271 e. The molecule has 2 aromatic carbocycles. The molecule has 0 saturated heterocycles. The van der Waals surface area contributed by atoms with Crippen LogP contribution in [0.15, 0.2) is 64.7 Å². The zero-order valence-corrected chi connectivity index (χ0v) is 14.3. The molecule has 0 heterocycles. The quantitative estimate of drug-likeness (QED) is 0.471. The minimum absolute atomic E-state index is 0.247. The lowest BCUT2D eigenvalue weighted by molar-refractivity contribution is 0.0954. The molecule has 5 heteroatoms. The molecule has 1 N–H and O–H groups in total. The van der Waals surface area contributed by atoms with Crippen molar-refractivity contribution in [3.05, 3.63) is 76.3 Å². The summed E-state index contributed by atoms with van der Waals surface area (Å²) < 4.78 is 6.46. The molecule has 0 aliphatic carbocycles. The first-order valence-corrected chi connectivity index (χ1v) is 7.83. The van der Waals surface area contributed by atoms with E-state index in [1.165, 1.54) is 0 Å². The lowest BCUT2D eigenvalue weighted by Crippen LogP contribution is -2.18. The van der Waals surface area contributed by atoms with Gasteiger partial charge in [0, 0.05) is 15.6 Å². The number of halogens is 1. The van der Waals surface area contributed by atoms with Crippen LogP contribution in [0.4, 0.5) is 0 Å². The van der Waals surface area contributed by atoms with Gasteiger partial charge in [0.2, 0.25) is 0 Å². The Balaban J connectivity index is 2.11. The van der Waals surface area contributed by atoms with E-state index in [9.17, 15) is 4.79 Å². The summed E-state index contributed by atoms with van der Waals surface area (Å²) in [7, 11) is 0. The van der Waals surface area contributed by atoms with Crippen molar-refractivity contribution in [1.82, 2.24) is 5.43 Å². The van der Waals surface area contributed by atoms with Crippen molar-refractivity contribution in [3.8, 4) is 5.75 Å². The minimum atomic E-state index is -0.247. The van der Waals surface area contributed by atoms with Crippen LogP contribution in [0.1, 0.15) is 21.5 Å². The molecule has 0 aliphatic rings. The Morgan fingerprint density at radius 1 is 1.35 bits per heavy atom. The van der Waals surface area contributed by atoms with E-state index in [0.717, 1.165) is 15.6 Å². The molecule has 4 nitrogen and oxygen atoms in total. The van der Waals surface area contributed by atoms with Gasteiger partial charge >= 0.3 is 0 Å². The van der Waals surface area contributed by atoms with Crippen LogP contribution in [0.25, 0.3) is 0 Å². The van der Waals surface area contributed by atoms with Gasteiger partial charge < -0.3 is 4.74 Å². The van der Waals surface area contributed by atoms with Crippen LogP contribution in [0.5, 0.6) is 5.75 Å². The predicted octanol–water partition coefficient (Wildman–Crippen LogP) is 4.09. The first kappa shape index (κ1) is 17.0. The summed E-state index contributed by atoms with van der Waals surface area (Å²) in [5, 5.41) is 4.02. The minimum Gasteiger partial charge on any atom is -0.489 e. The lowest BCUT2D eigenvalue weighted by Gasteiger charge is -2.07. The Hall–Kier alpha value is -2.40. The van der Waals surface area contributed by atoms with E-state index in [2.05, 4.69) is 33.0 Å². The topological polar surface area (TPSA) is 50.7 Å². The SMILES string of the molecule is C=CCOc1ccc(Br)cc1/C=N/NC(=O)c1ccccc1C. The largest absolute Gasteiger partial charge is 0.489 e. The van der Waals surface area contributed by atoms with Crippen LogP contribution < -0.4 is 10.2 Å². The molecule has 2 aromatic rings. The lowest BCUT2D eigenvalue weighted by atomic mass is 10.1. The number of carbonyl (C=O) groups excluding carboxylic acids is 1. The fourth-order valence-electron chi connectivity index (χ4n) is 1.95. The van der Waals surface area contributed by atoms with Gasteiger partial charge in [0.25, 0.3) is 5.91 Å². The molecule has 0 saturated carbocycles. The number of amides is 1. The van der Waals surface area contributed by atoms with Gasteiger partial charge in [0.1, 0.15) is 12.4 Å². The first-order chi connectivity index (χ1) is 11.1. The number of carbonyl (C=O) groups is 1. The third-order valence-corrected chi connectivity index (χ3v) is 3.58. The van der Waals surface area contributed by atoms with E-state index in [1.807, 2.05) is 43.3 Å². The highest BCUT2D eigenvalue weighted by molar-refractivity contribution is 9.10. The molecular formula is C18H17BrN2O2. The van der Waals surface area contributed by atoms with E-state index >= 15 is 0 Å². The van der Waals surface area contributed by atoms with Gasteiger partial charge in [-0.3, -0.25) is 4.79 Å². The Labute approximate surface area is 144 Å². The summed E-state index contributed by atoms with van der Waals surface area (Å²) in [6.45, 7) is 5.91. The maximum atomic E-state index is 12.1. The third kappa shape index (κ3) is 4.79. The molecule has 2 rings (SSSR count). The molecule has 0 aliphatic heterocycles. The summed E-state index contributed by atoms with van der Waals surface area (Å²) in [6, 6.07) is 12.9. The zero-order chi connectivity index (χ0) is 16.7. The van der Waals surface area contributed by atoms with Crippen LogP contribution in [0.3, 0.4) is 0 Å². The molecule has 23 heavy (non-hydrogen) atoms. The van der Waals surface area contributed by atoms with Crippen molar-refractivity contribution in [2.24, 2.45) is 5.10 Å². The van der Waals surface area contributed by atoms with Gasteiger partial charge in [-0.1, -0.05) is 46.8 Å². The summed E-state index contributed by atoms with van der Waals surface area (Å²) >= 11 is 3.41. The number of benzene rings is 2. The van der Waals surface area contributed by atoms with Crippen molar-refractivity contribution < 1.29 is 9.53 Å². The summed E-state index contributed by atoms with van der Waals surface area (Å²) in [5.41, 5.74) is 4.79. The number of hydrogen-bond donors (Lipinski definition) is 1. The van der Waals surface area contributed by atoms with Crippen molar-refractivity contribution in [2.75, 3.05) is 6.61 Å². The Morgan fingerprint density at radius 3 is 2.87 bits per heavy atom. The van der Waals surface area contributed by atoms with E-state index in [1.54, 1.807) is 18.4 Å². The molecule has 0 unspecified atom stereocenters. The second-order valence-corrected chi connectivity index (χ2v) is 5.71. The molecule has 0 aromatic heterocycles. The van der Waals surface area contributed by atoms with Gasteiger partial charge in [-0.05, 0) is 36.8 Å². The number of nitrogens with zero attached hydrogens (tertiary/aromatic N) is 1. The third-order valence-electron chi connectivity index (χ3n) is 3.09. The van der Waals surface area contributed by atoms with Crippen molar-refractivity contribution in [2.45, 2.75) is 6.92 Å². The monoisotopic (exact) mass is 372 g/mol. The zero-order valence-electron chi connectivity index (χ0n) is 12.8. The predicted molar refractivity (Wildman–Crippen MR) is 96.1 cm³/mol. The van der Waals surface area contributed by atoms with Crippen LogP contribution >= 0.6 is 15.9 Å². The molecule has 0 radical (unpaired) electrons. The number of ether oxygens (including phenoxy) is 1. The highest BCUT2D eigenvalue weighted by Crippen LogP contribution is 2.21. The Bertz CT molecular complexity index is 742. The van der Waals surface area contributed by atoms with Gasteiger partial charge in [-0.2, -0.15) is 5.10 Å². The van der Waals surface area contributed by atoms with Crippen LogP contribution in [0.2, 0.25) is 0 Å². The van der Waals surface area contributed by atoms with Crippen LogP contribution in [0, 0.1) is 6.92 Å². The highest BCUT2D eigenvalue weighted by atomic mass is 79.9. The Morgan fingerprint density at radius 2 is 2.13 bits per heavy atom. The fourth-order valence-corrected chi connectivity index (χ4v) is 2.33. The Kier molecular flexibility index (Phi) is 6.11. The second-order valence-electron chi connectivity index (χ2n) is 4.80.